The van der Waals surface area contributed by atoms with Crippen molar-refractivity contribution in [1.82, 2.24) is 4.90 Å². The molecule has 0 bridgehead atoms. The van der Waals surface area contributed by atoms with Gasteiger partial charge in [-0.15, -0.1) is 0 Å². The van der Waals surface area contributed by atoms with Gasteiger partial charge in [0.05, 0.1) is 10.9 Å². The maximum atomic E-state index is 12.3. The summed E-state index contributed by atoms with van der Waals surface area (Å²) in [6, 6.07) is 10.3. The van der Waals surface area contributed by atoms with Crippen molar-refractivity contribution < 1.29 is 4.79 Å². The normalized spacial score (nSPS) is 16.1. The van der Waals surface area contributed by atoms with Crippen LogP contribution in [-0.2, 0) is 11.2 Å². The molecule has 1 unspecified atom stereocenters. The van der Waals surface area contributed by atoms with Gasteiger partial charge in [0.1, 0.15) is 0 Å². The van der Waals surface area contributed by atoms with E-state index < -0.39 is 0 Å². The summed E-state index contributed by atoms with van der Waals surface area (Å²) in [6.45, 7) is 0. The highest BCUT2D eigenvalue weighted by Gasteiger charge is 2.34. The van der Waals surface area contributed by atoms with E-state index in [2.05, 4.69) is 0 Å². The second kappa shape index (κ2) is 5.48. The molecule has 3 nitrogen and oxygen atoms in total. The summed E-state index contributed by atoms with van der Waals surface area (Å²) in [5, 5.41) is 0. The molecule has 1 saturated carbocycles. The Bertz CT molecular complexity index is 442. The average molecular weight is 262 g/mol. The summed E-state index contributed by atoms with van der Waals surface area (Å²) in [7, 11) is 1.84. The quantitative estimate of drug-likeness (QED) is 0.822. The molecule has 1 aliphatic carbocycles. The molecule has 2 rings (SSSR count). The molecule has 1 amide bonds. The number of amides is 1. The zero-order valence-corrected chi connectivity index (χ0v) is 11.3. The molecule has 1 atom stereocenters. The van der Waals surface area contributed by atoms with E-state index in [1.165, 1.54) is 0 Å². The molecule has 1 aliphatic rings. The molecule has 0 aliphatic heterocycles. The molecule has 1 fully saturated rings. The summed E-state index contributed by atoms with van der Waals surface area (Å²) in [5.74, 6) is -0.332. The highest BCUT2D eigenvalue weighted by atomic mass is 32.1. The summed E-state index contributed by atoms with van der Waals surface area (Å²) >= 11 is 5.05. The van der Waals surface area contributed by atoms with E-state index in [1.807, 2.05) is 37.4 Å². The van der Waals surface area contributed by atoms with Crippen molar-refractivity contribution in [3.05, 3.63) is 35.9 Å². The molecule has 96 valence electrons. The standard InChI is InChI=1S/C14H18N2OS/c1-16(11-7-8-11)14(17)12(13(15)18)9-10-5-3-2-4-6-10/h2-6,11-12H,7-9H2,1H3,(H2,15,18). The van der Waals surface area contributed by atoms with Gasteiger partial charge in [-0.3, -0.25) is 4.79 Å². The summed E-state index contributed by atoms with van der Waals surface area (Å²) in [4.78, 5) is 14.4. The Morgan fingerprint density at radius 3 is 2.56 bits per heavy atom. The SMILES string of the molecule is CN(C(=O)C(Cc1ccccc1)C(N)=S)C1CC1. The summed E-state index contributed by atoms with van der Waals surface area (Å²) in [5.41, 5.74) is 6.82. The second-order valence-corrected chi connectivity index (χ2v) is 5.30. The fraction of sp³-hybridized carbons (Fsp3) is 0.429. The Hall–Kier alpha value is -1.42. The van der Waals surface area contributed by atoms with E-state index in [-0.39, 0.29) is 16.8 Å². The van der Waals surface area contributed by atoms with Crippen LogP contribution < -0.4 is 5.73 Å². The van der Waals surface area contributed by atoms with Crippen LogP contribution in [0, 0.1) is 5.92 Å². The lowest BCUT2D eigenvalue weighted by Gasteiger charge is -2.23. The number of thiocarbonyl (C=S) groups is 1. The van der Waals surface area contributed by atoms with Gasteiger partial charge in [0, 0.05) is 13.1 Å². The molecular formula is C14H18N2OS. The third-order valence-corrected chi connectivity index (χ3v) is 3.65. The molecule has 0 aromatic heterocycles. The van der Waals surface area contributed by atoms with Gasteiger partial charge in [-0.05, 0) is 24.8 Å². The highest BCUT2D eigenvalue weighted by molar-refractivity contribution is 7.80. The Labute approximate surface area is 113 Å². The van der Waals surface area contributed by atoms with Crippen LogP contribution in [0.4, 0.5) is 0 Å². The smallest absolute Gasteiger partial charge is 0.232 e. The van der Waals surface area contributed by atoms with E-state index >= 15 is 0 Å². The van der Waals surface area contributed by atoms with Crippen molar-refractivity contribution in [2.24, 2.45) is 11.7 Å². The monoisotopic (exact) mass is 262 g/mol. The van der Waals surface area contributed by atoms with Crippen LogP contribution in [-0.4, -0.2) is 28.9 Å². The second-order valence-electron chi connectivity index (χ2n) is 4.82. The lowest BCUT2D eigenvalue weighted by Crippen LogP contribution is -2.41. The fourth-order valence-corrected chi connectivity index (χ4v) is 2.23. The predicted octanol–water partition coefficient (Wildman–Crippen LogP) is 1.75. The first-order chi connectivity index (χ1) is 8.59. The zero-order chi connectivity index (χ0) is 13.1. The Balaban J connectivity index is 2.08. The maximum absolute atomic E-state index is 12.3. The van der Waals surface area contributed by atoms with Crippen molar-refractivity contribution in [1.29, 1.82) is 0 Å². The van der Waals surface area contributed by atoms with Crippen molar-refractivity contribution >= 4 is 23.1 Å². The minimum atomic E-state index is -0.381. The number of carbonyl (C=O) groups excluding carboxylic acids is 1. The van der Waals surface area contributed by atoms with Crippen molar-refractivity contribution in [2.75, 3.05) is 7.05 Å². The van der Waals surface area contributed by atoms with E-state index in [1.54, 1.807) is 4.90 Å². The van der Waals surface area contributed by atoms with E-state index in [4.69, 9.17) is 18.0 Å². The van der Waals surface area contributed by atoms with Gasteiger partial charge in [0.15, 0.2) is 0 Å². The third kappa shape index (κ3) is 3.07. The Morgan fingerprint density at radius 2 is 2.06 bits per heavy atom. The van der Waals surface area contributed by atoms with Crippen LogP contribution in [0.25, 0.3) is 0 Å². The number of nitrogens with two attached hydrogens (primary N) is 1. The van der Waals surface area contributed by atoms with E-state index in [0.717, 1.165) is 18.4 Å². The topological polar surface area (TPSA) is 46.3 Å². The average Bonchev–Trinajstić information content (AvgIpc) is 3.19. The molecule has 0 radical (unpaired) electrons. The number of carbonyl (C=O) groups is 1. The number of benzene rings is 1. The molecule has 0 heterocycles. The lowest BCUT2D eigenvalue weighted by molar-refractivity contribution is -0.132. The van der Waals surface area contributed by atoms with Crippen molar-refractivity contribution in [3.8, 4) is 0 Å². The number of hydrogen-bond acceptors (Lipinski definition) is 2. The number of nitrogens with zero attached hydrogens (tertiary/aromatic N) is 1. The van der Waals surface area contributed by atoms with Crippen LogP contribution in [0.5, 0.6) is 0 Å². The lowest BCUT2D eigenvalue weighted by atomic mass is 9.98. The van der Waals surface area contributed by atoms with Crippen LogP contribution in [0.1, 0.15) is 18.4 Å². The van der Waals surface area contributed by atoms with Gasteiger partial charge in [-0.25, -0.2) is 0 Å². The van der Waals surface area contributed by atoms with Gasteiger partial charge >= 0.3 is 0 Å². The summed E-state index contributed by atoms with van der Waals surface area (Å²) in [6.07, 6.45) is 2.78. The molecule has 4 heteroatoms. The minimum Gasteiger partial charge on any atom is -0.393 e. The van der Waals surface area contributed by atoms with E-state index in [9.17, 15) is 4.79 Å². The van der Waals surface area contributed by atoms with Crippen LogP contribution in [0.15, 0.2) is 30.3 Å². The molecule has 1 aromatic carbocycles. The molecule has 18 heavy (non-hydrogen) atoms. The first-order valence-electron chi connectivity index (χ1n) is 6.19. The Kier molecular flexibility index (Phi) is 3.97. The molecular weight excluding hydrogens is 244 g/mol. The first-order valence-corrected chi connectivity index (χ1v) is 6.60. The van der Waals surface area contributed by atoms with Crippen LogP contribution in [0.3, 0.4) is 0 Å². The van der Waals surface area contributed by atoms with Crippen LogP contribution >= 0.6 is 12.2 Å². The van der Waals surface area contributed by atoms with Crippen molar-refractivity contribution in [3.63, 3.8) is 0 Å². The fourth-order valence-electron chi connectivity index (χ4n) is 2.05. The molecule has 0 spiro atoms. The van der Waals surface area contributed by atoms with Gasteiger partial charge in [-0.1, -0.05) is 42.5 Å². The Morgan fingerprint density at radius 1 is 1.44 bits per heavy atom. The highest BCUT2D eigenvalue weighted by Crippen LogP contribution is 2.27. The van der Waals surface area contributed by atoms with Crippen molar-refractivity contribution in [2.45, 2.75) is 25.3 Å². The number of rotatable bonds is 5. The van der Waals surface area contributed by atoms with E-state index in [0.29, 0.717) is 12.5 Å². The first kappa shape index (κ1) is 13.0. The van der Waals surface area contributed by atoms with Crippen LogP contribution in [0.2, 0.25) is 0 Å². The van der Waals surface area contributed by atoms with Gasteiger partial charge < -0.3 is 10.6 Å². The van der Waals surface area contributed by atoms with Gasteiger partial charge in [0.2, 0.25) is 5.91 Å². The maximum Gasteiger partial charge on any atom is 0.232 e. The zero-order valence-electron chi connectivity index (χ0n) is 10.5. The third-order valence-electron chi connectivity index (χ3n) is 3.37. The predicted molar refractivity (Wildman–Crippen MR) is 76.2 cm³/mol. The molecule has 2 N–H and O–H groups in total. The largest absolute Gasteiger partial charge is 0.393 e. The molecule has 1 aromatic rings. The number of hydrogen-bond donors (Lipinski definition) is 1. The minimum absolute atomic E-state index is 0.0499. The van der Waals surface area contributed by atoms with Gasteiger partial charge in [-0.2, -0.15) is 0 Å². The summed E-state index contributed by atoms with van der Waals surface area (Å²) < 4.78 is 0. The van der Waals surface area contributed by atoms with Gasteiger partial charge in [0.25, 0.3) is 0 Å². The molecule has 0 saturated heterocycles.